The molecule has 3 heterocycles. The number of benzene rings is 1. The molecule has 0 atom stereocenters. The van der Waals surface area contributed by atoms with Gasteiger partial charge in [-0.05, 0) is 24.3 Å². The number of amides is 1. The average molecular weight is 434 g/mol. The van der Waals surface area contributed by atoms with E-state index in [4.69, 9.17) is 18.1 Å². The molecular weight excluding hydrogens is 420 g/mol. The van der Waals surface area contributed by atoms with E-state index in [0.717, 1.165) is 5.56 Å². The van der Waals surface area contributed by atoms with Crippen molar-refractivity contribution in [2.24, 2.45) is 0 Å². The number of rotatable bonds is 5. The lowest BCUT2D eigenvalue weighted by Gasteiger charge is -2.05. The maximum atomic E-state index is 12.0. The van der Waals surface area contributed by atoms with E-state index in [2.05, 4.69) is 32.3 Å². The Morgan fingerprint density at radius 1 is 1.16 bits per heavy atom. The predicted octanol–water partition coefficient (Wildman–Crippen LogP) is 3.07. The third-order valence-corrected chi connectivity index (χ3v) is 4.85. The molecule has 0 aliphatic heterocycles. The van der Waals surface area contributed by atoms with Gasteiger partial charge in [0.15, 0.2) is 0 Å². The molecule has 11 heteroatoms. The molecule has 32 heavy (non-hydrogen) atoms. The molecule has 0 spiro atoms. The van der Waals surface area contributed by atoms with E-state index in [9.17, 15) is 14.7 Å². The fraction of sp³-hybridized carbons (Fsp3) is 0.190. The Bertz CT molecular complexity index is 1340. The highest BCUT2D eigenvalue weighted by atomic mass is 16.5. The van der Waals surface area contributed by atoms with Gasteiger partial charge in [0.1, 0.15) is 17.7 Å². The zero-order valence-corrected chi connectivity index (χ0v) is 16.3. The molecule has 0 radical (unpaired) electrons. The summed E-state index contributed by atoms with van der Waals surface area (Å²) < 4.78 is 21.0. The molecule has 11 nitrogen and oxygen atoms in total. The number of nitrogens with one attached hydrogen (secondary N) is 1. The van der Waals surface area contributed by atoms with Gasteiger partial charge in [0, 0.05) is 5.92 Å². The molecule has 1 fully saturated rings. The first-order chi connectivity index (χ1) is 15.5. The van der Waals surface area contributed by atoms with Gasteiger partial charge in [-0.1, -0.05) is 35.5 Å². The SMILES string of the molecule is O=C(Nc1cnoc1C#Cc1nc2nc(C3(C(=O)O)CC3)oc2o1)OCc1ccccc1. The fourth-order valence-electron chi connectivity index (χ4n) is 2.94. The van der Waals surface area contributed by atoms with E-state index in [0.29, 0.717) is 12.8 Å². The number of aliphatic carboxylic acids is 1. The third kappa shape index (κ3) is 3.65. The Hall–Kier alpha value is -4.59. The summed E-state index contributed by atoms with van der Waals surface area (Å²) >= 11 is 0. The van der Waals surface area contributed by atoms with Crippen LogP contribution in [0.25, 0.3) is 11.4 Å². The number of carbonyl (C=O) groups excluding carboxylic acids is 1. The molecule has 2 N–H and O–H groups in total. The number of fused-ring (bicyclic) bond motifs is 1. The van der Waals surface area contributed by atoms with Gasteiger partial charge in [-0.3, -0.25) is 10.1 Å². The highest BCUT2D eigenvalue weighted by molar-refractivity contribution is 5.86. The zero-order chi connectivity index (χ0) is 22.1. The molecule has 1 aliphatic rings. The van der Waals surface area contributed by atoms with Crippen molar-refractivity contribution in [3.8, 4) is 11.8 Å². The van der Waals surface area contributed by atoms with Crippen LogP contribution in [0.2, 0.25) is 0 Å². The number of ether oxygens (including phenoxy) is 1. The van der Waals surface area contributed by atoms with Crippen LogP contribution in [0.15, 0.2) is 49.9 Å². The Labute approximate surface area is 179 Å². The Kier molecular flexibility index (Phi) is 4.59. The lowest BCUT2D eigenvalue weighted by atomic mass is 10.1. The summed E-state index contributed by atoms with van der Waals surface area (Å²) in [6.07, 6.45) is 1.49. The molecule has 1 amide bonds. The molecule has 160 valence electrons. The number of oxazole rings is 2. The fourth-order valence-corrected chi connectivity index (χ4v) is 2.94. The number of carboxylic acids is 1. The molecule has 1 saturated carbocycles. The number of nitrogens with zero attached hydrogens (tertiary/aromatic N) is 3. The van der Waals surface area contributed by atoms with E-state index in [1.807, 2.05) is 30.3 Å². The predicted molar refractivity (Wildman–Crippen MR) is 105 cm³/mol. The number of anilines is 1. The van der Waals surface area contributed by atoms with Crippen LogP contribution in [-0.4, -0.2) is 32.3 Å². The van der Waals surface area contributed by atoms with E-state index in [-0.39, 0.29) is 41.3 Å². The normalized spacial score (nSPS) is 13.9. The van der Waals surface area contributed by atoms with Gasteiger partial charge in [-0.2, -0.15) is 9.97 Å². The van der Waals surface area contributed by atoms with Gasteiger partial charge < -0.3 is 23.2 Å². The lowest BCUT2D eigenvalue weighted by Crippen LogP contribution is -2.19. The summed E-state index contributed by atoms with van der Waals surface area (Å²) in [5.41, 5.74) is 0.0828. The maximum Gasteiger partial charge on any atom is 0.412 e. The topological polar surface area (TPSA) is 154 Å². The van der Waals surface area contributed by atoms with Gasteiger partial charge in [0.05, 0.1) is 6.20 Å². The Morgan fingerprint density at radius 2 is 1.97 bits per heavy atom. The first kappa shape index (κ1) is 19.4. The minimum Gasteiger partial charge on any atom is -0.480 e. The lowest BCUT2D eigenvalue weighted by molar-refractivity contribution is -0.140. The van der Waals surface area contributed by atoms with Crippen LogP contribution in [0.4, 0.5) is 10.5 Å². The molecule has 5 rings (SSSR count). The van der Waals surface area contributed by atoms with Gasteiger partial charge in [-0.15, -0.1) is 0 Å². The summed E-state index contributed by atoms with van der Waals surface area (Å²) in [5, 5.41) is 15.4. The summed E-state index contributed by atoms with van der Waals surface area (Å²) in [4.78, 5) is 31.6. The molecule has 1 aliphatic carbocycles. The van der Waals surface area contributed by atoms with Crippen molar-refractivity contribution >= 4 is 29.2 Å². The van der Waals surface area contributed by atoms with Gasteiger partial charge in [0.2, 0.25) is 17.3 Å². The van der Waals surface area contributed by atoms with Crippen molar-refractivity contribution in [1.82, 2.24) is 15.1 Å². The average Bonchev–Trinajstić information content (AvgIpc) is 3.11. The van der Waals surface area contributed by atoms with Crippen LogP contribution in [0.5, 0.6) is 0 Å². The number of hydrogen-bond acceptors (Lipinski definition) is 9. The van der Waals surface area contributed by atoms with Crippen LogP contribution in [0.1, 0.15) is 35.9 Å². The smallest absolute Gasteiger partial charge is 0.412 e. The maximum absolute atomic E-state index is 12.0. The van der Waals surface area contributed by atoms with E-state index < -0.39 is 17.5 Å². The number of hydrogen-bond donors (Lipinski definition) is 2. The number of aromatic nitrogens is 3. The van der Waals surface area contributed by atoms with Crippen LogP contribution in [-0.2, 0) is 21.6 Å². The summed E-state index contributed by atoms with van der Waals surface area (Å²) in [5.74, 6) is 4.37. The first-order valence-corrected chi connectivity index (χ1v) is 9.49. The van der Waals surface area contributed by atoms with Crippen molar-refractivity contribution < 1.29 is 32.8 Å². The van der Waals surface area contributed by atoms with Crippen LogP contribution in [0.3, 0.4) is 0 Å². The Morgan fingerprint density at radius 3 is 2.69 bits per heavy atom. The minimum atomic E-state index is -1.09. The highest BCUT2D eigenvalue weighted by Crippen LogP contribution is 2.48. The molecule has 1 aromatic carbocycles. The number of carboxylic acid groups (broad SMARTS) is 1. The quantitative estimate of drug-likeness (QED) is 0.448. The number of carbonyl (C=O) groups is 2. The van der Waals surface area contributed by atoms with Crippen molar-refractivity contribution in [2.45, 2.75) is 24.9 Å². The first-order valence-electron chi connectivity index (χ1n) is 9.49. The molecule has 0 bridgehead atoms. The van der Waals surface area contributed by atoms with Crippen LogP contribution < -0.4 is 5.32 Å². The second-order valence-corrected chi connectivity index (χ2v) is 7.04. The molecule has 4 aromatic rings. The third-order valence-electron chi connectivity index (χ3n) is 4.85. The Balaban J connectivity index is 1.26. The van der Waals surface area contributed by atoms with E-state index in [1.165, 1.54) is 6.20 Å². The van der Waals surface area contributed by atoms with Gasteiger partial charge in [0.25, 0.3) is 5.89 Å². The van der Waals surface area contributed by atoms with Crippen molar-refractivity contribution in [1.29, 1.82) is 0 Å². The second-order valence-electron chi connectivity index (χ2n) is 7.04. The van der Waals surface area contributed by atoms with Crippen LogP contribution >= 0.6 is 0 Å². The van der Waals surface area contributed by atoms with E-state index in [1.54, 1.807) is 0 Å². The van der Waals surface area contributed by atoms with Crippen LogP contribution in [0, 0.1) is 11.8 Å². The molecular formula is C21H14N4O7. The van der Waals surface area contributed by atoms with Gasteiger partial charge in [-0.25, -0.2) is 4.79 Å². The van der Waals surface area contributed by atoms with E-state index >= 15 is 0 Å². The molecule has 3 aromatic heterocycles. The van der Waals surface area contributed by atoms with Gasteiger partial charge >= 0.3 is 17.8 Å². The summed E-state index contributed by atoms with van der Waals surface area (Å²) in [6, 6.07) is 9.22. The largest absolute Gasteiger partial charge is 0.480 e. The van der Waals surface area contributed by atoms with Crippen molar-refractivity contribution in [3.63, 3.8) is 0 Å². The second kappa shape index (κ2) is 7.59. The summed E-state index contributed by atoms with van der Waals surface area (Å²) in [7, 11) is 0. The standard InChI is InChI=1S/C21H14N4O7/c26-19(27)21(8-9-21)18-25-16-17(31-18)30-15(24-16)7-6-14-13(10-22-32-14)23-20(28)29-11-12-4-2-1-3-5-12/h1-5,10H,8-9,11H2,(H,23,28)(H,26,27). The van der Waals surface area contributed by atoms with Crippen molar-refractivity contribution in [3.05, 3.63) is 59.6 Å². The molecule has 0 unspecified atom stereocenters. The summed E-state index contributed by atoms with van der Waals surface area (Å²) in [6.45, 7) is 0.104. The zero-order valence-electron chi connectivity index (χ0n) is 16.3. The monoisotopic (exact) mass is 434 g/mol. The van der Waals surface area contributed by atoms with Crippen molar-refractivity contribution in [2.75, 3.05) is 5.32 Å². The minimum absolute atomic E-state index is 0.0165. The molecule has 0 saturated heterocycles. The highest BCUT2D eigenvalue weighted by Gasteiger charge is 2.56.